The van der Waals surface area contributed by atoms with Crippen LogP contribution in [-0.2, 0) is 37.9 Å². The Hall–Kier alpha value is -4.08. The van der Waals surface area contributed by atoms with Gasteiger partial charge in [-0.05, 0) is 196 Å². The third-order valence-electron chi connectivity index (χ3n) is 30.8. The third kappa shape index (κ3) is 28.7. The van der Waals surface area contributed by atoms with Gasteiger partial charge in [-0.25, -0.2) is 0 Å². The smallest absolute Gasteiger partial charge is 0.0769 e. The highest BCUT2D eigenvalue weighted by Crippen LogP contribution is 2.60. The minimum absolute atomic E-state index is 0.109. The fourth-order valence-electron chi connectivity index (χ4n) is 23.5. The van der Waals surface area contributed by atoms with Crippen molar-refractivity contribution in [1.82, 2.24) is 42.5 Å². The van der Waals surface area contributed by atoms with Crippen LogP contribution in [0.2, 0.25) is 0 Å². The second-order valence-corrected chi connectivity index (χ2v) is 55.1. The molecule has 0 aromatic heterocycles. The van der Waals surface area contributed by atoms with E-state index < -0.39 is 49.3 Å². The maximum Gasteiger partial charge on any atom is 0.0769 e. The first kappa shape index (κ1) is 111. The van der Waals surface area contributed by atoms with Crippen molar-refractivity contribution in [2.45, 2.75) is 341 Å². The second kappa shape index (κ2) is 54.6. The van der Waals surface area contributed by atoms with Gasteiger partial charge in [0.25, 0.3) is 0 Å². The molecule has 4 aliphatic carbocycles. The van der Waals surface area contributed by atoms with Crippen molar-refractivity contribution < 1.29 is 37.9 Å². The number of fused-ring (bicyclic) bond motifs is 20. The van der Waals surface area contributed by atoms with Crippen LogP contribution in [0.4, 0.5) is 0 Å². The molecule has 9 fully saturated rings. The van der Waals surface area contributed by atoms with Gasteiger partial charge in [-0.1, -0.05) is 256 Å². The summed E-state index contributed by atoms with van der Waals surface area (Å²) in [6, 6.07) is 90.2. The summed E-state index contributed by atoms with van der Waals surface area (Å²) in [4.78, 5) is 9.75. The van der Waals surface area contributed by atoms with E-state index in [4.69, 9.17) is 80.4 Å². The molecule has 24 unspecified atom stereocenters. The standard InChI is InChI=1S/C120H168N8O8S8/c1-73(2)57-65-129-97-89-90(98(130-66-58-74(3)4)106(138-82-43-27-18-28-44-82)105(97)137-81-41-25-17-26-42-81)114-121-113(89)125-115-91-92(100(132-68-60-76(7)8)108(140-84-47-31-20-32-48-84)107(99(91)131-67-59-75(5)6)139-83-45-29-19-30-46-83)117(122-115)127-119-95-96(104(136-72-64-80(15)16)112(144-88-55-39-24-40-56-88)111(103(95)135-71-63-79(13)14)143-87-53-37-23-38-54-87)120(124-119)128-118-94-93(116(123-118)126-114)101(133-69-61-77(9)10)109(141-85-49-33-21-34-50-85)110(102(94)134-70-62-78(11)12)142-86-51-35-22-36-52-86/h17-56,73-80,89-128H,57-72H2,1-16H3. The lowest BCUT2D eigenvalue weighted by Gasteiger charge is -2.52. The maximum absolute atomic E-state index is 8.26. The van der Waals surface area contributed by atoms with E-state index in [9.17, 15) is 0 Å². The summed E-state index contributed by atoms with van der Waals surface area (Å²) in [5, 5.41) is 37.9. The van der Waals surface area contributed by atoms with Gasteiger partial charge in [0.05, 0.1) is 140 Å². The van der Waals surface area contributed by atoms with Gasteiger partial charge in [-0.15, -0.1) is 94.1 Å². The molecule has 16 nitrogen and oxygen atoms in total. The fourth-order valence-corrected chi connectivity index (χ4v) is 35.3. The number of nitrogens with one attached hydrogen (secondary N) is 8. The summed E-state index contributed by atoms with van der Waals surface area (Å²) in [6.45, 7) is 42.5. The molecule has 0 amide bonds. The summed E-state index contributed by atoms with van der Waals surface area (Å²) in [5.41, 5.74) is 0. The molecule has 5 saturated heterocycles. The van der Waals surface area contributed by atoms with Crippen LogP contribution >= 0.6 is 94.1 Å². The van der Waals surface area contributed by atoms with Crippen molar-refractivity contribution in [3.63, 3.8) is 0 Å². The molecule has 144 heavy (non-hydrogen) atoms. The Bertz CT molecular complexity index is 4100. The van der Waals surface area contributed by atoms with Crippen LogP contribution in [-0.4, -0.2) is 193 Å². The molecule has 784 valence electrons. The predicted octanol–water partition coefficient (Wildman–Crippen LogP) is 25.1. The lowest BCUT2D eigenvalue weighted by molar-refractivity contribution is -0.110. The molecule has 8 aromatic rings. The van der Waals surface area contributed by atoms with Crippen LogP contribution in [0.5, 0.6) is 0 Å². The van der Waals surface area contributed by atoms with Crippen LogP contribution < -0.4 is 42.5 Å². The molecule has 0 radical (unpaired) electrons. The first-order valence-corrected chi connectivity index (χ1v) is 61.8. The highest BCUT2D eigenvalue weighted by molar-refractivity contribution is 8.05. The average Bonchev–Trinajstić information content (AvgIpc) is 1.55. The molecule has 8 bridgehead atoms. The molecule has 9 aliphatic rings. The molecular formula is C120H168N8O8S8. The van der Waals surface area contributed by atoms with Crippen molar-refractivity contribution in [3.8, 4) is 0 Å². The molecule has 5 aliphatic heterocycles. The highest BCUT2D eigenvalue weighted by Gasteiger charge is 2.70. The number of hydrogen-bond donors (Lipinski definition) is 8. The van der Waals surface area contributed by atoms with Crippen molar-refractivity contribution in [2.24, 2.45) is 94.7 Å². The van der Waals surface area contributed by atoms with Gasteiger partial charge in [0.1, 0.15) is 0 Å². The van der Waals surface area contributed by atoms with Gasteiger partial charge >= 0.3 is 0 Å². The normalized spacial score (nSPS) is 33.1. The van der Waals surface area contributed by atoms with E-state index in [2.05, 4.69) is 353 Å². The Morgan fingerprint density at radius 2 is 0.257 bits per heavy atom. The van der Waals surface area contributed by atoms with Crippen molar-refractivity contribution >= 4 is 94.1 Å². The molecule has 8 N–H and O–H groups in total. The first-order chi connectivity index (χ1) is 70.0. The molecule has 4 saturated carbocycles. The van der Waals surface area contributed by atoms with E-state index in [1.807, 2.05) is 94.1 Å². The molecule has 5 heterocycles. The van der Waals surface area contributed by atoms with Crippen LogP contribution in [0.15, 0.2) is 282 Å². The Labute approximate surface area is 898 Å². The van der Waals surface area contributed by atoms with Gasteiger partial charge < -0.3 is 37.9 Å². The van der Waals surface area contributed by atoms with Crippen LogP contribution in [0.1, 0.15) is 162 Å². The van der Waals surface area contributed by atoms with E-state index in [-0.39, 0.29) is 138 Å². The number of thioether (sulfide) groups is 8. The van der Waals surface area contributed by atoms with Gasteiger partial charge in [-0.3, -0.25) is 42.5 Å². The zero-order chi connectivity index (χ0) is 100. The SMILES string of the molecule is CC(C)CCOC1C(Sc2ccccc2)C(Sc2ccccc2)C(OCCC(C)C)C2C3NC(NC4NC(NC5NC(NC6NC(N3)C3C(OCCC(C)C)C(Sc7ccccc7)C(Sc7ccccc7)C(OCCC(C)C)C63)C3C(OCCC(C)C)C(Sc6ccccc6)C(Sc6ccccc6)C(OCCC(C)C)C53)C3C(OCCC(C)C)C(Sc5ccccc5)C(Sc5ccccc5)C(OCCC(C)C)C43)C12. The lowest BCUT2D eigenvalue weighted by atomic mass is 9.71. The van der Waals surface area contributed by atoms with Gasteiger partial charge in [-0.2, -0.15) is 0 Å². The largest absolute Gasteiger partial charge is 0.377 e. The maximum atomic E-state index is 8.26. The Morgan fingerprint density at radius 1 is 0.160 bits per heavy atom. The Balaban J connectivity index is 0.952. The quantitative estimate of drug-likeness (QED) is 0.0181. The van der Waals surface area contributed by atoms with Crippen LogP contribution in [0.25, 0.3) is 0 Å². The number of hydrogen-bond acceptors (Lipinski definition) is 24. The molecule has 0 spiro atoms. The third-order valence-corrected chi connectivity index (χ3v) is 42.5. The molecule has 24 heteroatoms. The van der Waals surface area contributed by atoms with Crippen LogP contribution in [0.3, 0.4) is 0 Å². The average molecular weight is 2110 g/mol. The monoisotopic (exact) mass is 2110 g/mol. The minimum Gasteiger partial charge on any atom is -0.377 e. The van der Waals surface area contributed by atoms with E-state index in [0.717, 1.165) is 51.4 Å². The zero-order valence-electron chi connectivity index (χ0n) is 88.0. The predicted molar refractivity (Wildman–Crippen MR) is 606 cm³/mol. The van der Waals surface area contributed by atoms with Gasteiger partial charge in [0.15, 0.2) is 0 Å². The zero-order valence-corrected chi connectivity index (χ0v) is 94.6. The topological polar surface area (TPSA) is 170 Å². The summed E-state index contributed by atoms with van der Waals surface area (Å²) in [6.07, 6.45) is 1.45. The van der Waals surface area contributed by atoms with Crippen molar-refractivity contribution in [3.05, 3.63) is 243 Å². The fraction of sp³-hybridized carbons (Fsp3) is 0.600. The minimum atomic E-state index is -0.405. The number of ether oxygens (including phenoxy) is 8. The Kier molecular flexibility index (Phi) is 42.1. The summed E-state index contributed by atoms with van der Waals surface area (Å²) >= 11 is 16.0. The molecule has 17 rings (SSSR count). The van der Waals surface area contributed by atoms with Crippen LogP contribution in [0, 0.1) is 94.7 Å². The second-order valence-electron chi connectivity index (χ2n) is 45.1. The first-order valence-electron chi connectivity index (χ1n) is 54.8. The number of rotatable bonds is 48. The van der Waals surface area contributed by atoms with Gasteiger partial charge in [0.2, 0.25) is 0 Å². The van der Waals surface area contributed by atoms with E-state index in [1.54, 1.807) is 0 Å². The molecular weight excluding hydrogens is 1940 g/mol. The van der Waals surface area contributed by atoms with Gasteiger partial charge in [0, 0.05) is 139 Å². The Morgan fingerprint density at radius 3 is 0.347 bits per heavy atom. The van der Waals surface area contributed by atoms with E-state index in [0.29, 0.717) is 100 Å². The highest BCUT2D eigenvalue weighted by atomic mass is 32.2. The summed E-state index contributed by atoms with van der Waals surface area (Å²) < 4.78 is 66.0. The number of benzene rings is 8. The van der Waals surface area contributed by atoms with Crippen molar-refractivity contribution in [1.29, 1.82) is 0 Å². The van der Waals surface area contributed by atoms with Crippen molar-refractivity contribution in [2.75, 3.05) is 52.9 Å². The summed E-state index contributed by atoms with van der Waals surface area (Å²) in [7, 11) is 0. The van der Waals surface area contributed by atoms with E-state index in [1.165, 1.54) is 39.2 Å². The van der Waals surface area contributed by atoms with E-state index >= 15 is 0 Å². The molecule has 8 aromatic carbocycles. The molecule has 24 atom stereocenters. The summed E-state index contributed by atoms with van der Waals surface area (Å²) in [5.74, 6) is 1.51. The lowest BCUT2D eigenvalue weighted by Crippen LogP contribution is -2.65.